The molecule has 168 valence electrons. The maximum Gasteiger partial charge on any atom is 0.348 e. The summed E-state index contributed by atoms with van der Waals surface area (Å²) < 4.78 is 19.6. The number of nitrogens with zero attached hydrogens (tertiary/aromatic N) is 8. The van der Waals surface area contributed by atoms with Crippen molar-refractivity contribution < 1.29 is 14.2 Å². The average molecular weight is 449 g/mol. The smallest absolute Gasteiger partial charge is 0.348 e. The summed E-state index contributed by atoms with van der Waals surface area (Å²) in [5.74, 6) is 1.82. The number of benzene rings is 1. The largest absolute Gasteiger partial charge is 0.494 e. The molecule has 4 heterocycles. The number of hydrogen-bond acceptors (Lipinski definition) is 10. The molecule has 0 aliphatic heterocycles. The van der Waals surface area contributed by atoms with Gasteiger partial charge in [-0.15, -0.1) is 0 Å². The summed E-state index contributed by atoms with van der Waals surface area (Å²) in [5, 5.41) is 0. The highest BCUT2D eigenvalue weighted by Crippen LogP contribution is 2.41. The minimum absolute atomic E-state index is 0.317. The maximum atomic E-state index is 12.5. The number of anilines is 2. The lowest BCUT2D eigenvalue weighted by molar-refractivity contribution is 0.349. The minimum Gasteiger partial charge on any atom is -0.494 e. The quantitative estimate of drug-likeness (QED) is 0.404. The molecule has 0 unspecified atom stereocenters. The molecule has 4 aromatic heterocycles. The molecule has 0 aliphatic rings. The molecule has 0 saturated heterocycles. The van der Waals surface area contributed by atoms with Gasteiger partial charge in [0.15, 0.2) is 34.1 Å². The van der Waals surface area contributed by atoms with Gasteiger partial charge in [0.1, 0.15) is 30.2 Å². The zero-order chi connectivity index (χ0) is 23.1. The molecule has 5 rings (SSSR count). The summed E-state index contributed by atoms with van der Waals surface area (Å²) in [6, 6.07) is 3.44. The van der Waals surface area contributed by atoms with Crippen LogP contribution >= 0.6 is 0 Å². The summed E-state index contributed by atoms with van der Waals surface area (Å²) >= 11 is 0. The number of nitrogens with one attached hydrogen (secondary N) is 1. The van der Waals surface area contributed by atoms with Crippen LogP contribution in [0.25, 0.3) is 22.3 Å². The highest BCUT2D eigenvalue weighted by molar-refractivity contribution is 5.87. The standard InChI is InChI=1S/C20H19N9O4/c1-27(12-5-14(32-3)15(33-4)6-13(12)31-2)18-16-19(26-20(30)25-18)29(10-24-16)28-9-23-11-7-21-8-22-17(11)28/h5-10H,1-4H3,(H,25,26,30). The molecule has 13 nitrogen and oxygen atoms in total. The van der Waals surface area contributed by atoms with E-state index in [-0.39, 0.29) is 0 Å². The van der Waals surface area contributed by atoms with Crippen LogP contribution in [0.5, 0.6) is 17.2 Å². The van der Waals surface area contributed by atoms with E-state index in [4.69, 9.17) is 14.2 Å². The molecule has 0 radical (unpaired) electrons. The predicted molar refractivity (Wildman–Crippen MR) is 118 cm³/mol. The van der Waals surface area contributed by atoms with Gasteiger partial charge in [0.2, 0.25) is 0 Å². The van der Waals surface area contributed by atoms with E-state index in [2.05, 4.69) is 29.9 Å². The summed E-state index contributed by atoms with van der Waals surface area (Å²) in [7, 11) is 6.38. The lowest BCUT2D eigenvalue weighted by atomic mass is 10.2. The van der Waals surface area contributed by atoms with Crippen LogP contribution in [-0.4, -0.2) is 67.6 Å². The Morgan fingerprint density at radius 1 is 0.939 bits per heavy atom. The zero-order valence-electron chi connectivity index (χ0n) is 18.2. The Kier molecular flexibility index (Phi) is 4.77. The Labute approximate surface area is 186 Å². The Balaban J connectivity index is 1.70. The fourth-order valence-corrected chi connectivity index (χ4v) is 3.60. The molecule has 13 heteroatoms. The first-order valence-electron chi connectivity index (χ1n) is 9.70. The molecule has 33 heavy (non-hydrogen) atoms. The Bertz CT molecular complexity index is 1540. The fourth-order valence-electron chi connectivity index (χ4n) is 3.60. The molecular formula is C20H19N9O4. The topological polar surface area (TPSA) is 138 Å². The Hall–Kier alpha value is -4.68. The molecular weight excluding hydrogens is 430 g/mol. The van der Waals surface area contributed by atoms with Gasteiger partial charge in [-0.1, -0.05) is 0 Å². The van der Waals surface area contributed by atoms with Gasteiger partial charge >= 0.3 is 5.69 Å². The molecule has 1 N–H and O–H groups in total. The summed E-state index contributed by atoms with van der Waals surface area (Å²) in [4.78, 5) is 38.2. The van der Waals surface area contributed by atoms with Crippen LogP contribution < -0.4 is 24.8 Å². The van der Waals surface area contributed by atoms with Gasteiger partial charge in [-0.3, -0.25) is 4.98 Å². The van der Waals surface area contributed by atoms with Gasteiger partial charge in [0, 0.05) is 19.2 Å². The van der Waals surface area contributed by atoms with E-state index >= 15 is 0 Å². The number of methoxy groups -OCH3 is 3. The first-order chi connectivity index (χ1) is 16.0. The van der Waals surface area contributed by atoms with Crippen LogP contribution in [0.2, 0.25) is 0 Å². The Morgan fingerprint density at radius 3 is 2.42 bits per heavy atom. The van der Waals surface area contributed by atoms with Crippen molar-refractivity contribution >= 4 is 33.8 Å². The maximum absolute atomic E-state index is 12.5. The number of aromatic nitrogens is 8. The zero-order valence-corrected chi connectivity index (χ0v) is 18.2. The number of fused-ring (bicyclic) bond motifs is 2. The number of aromatic amines is 1. The Morgan fingerprint density at radius 2 is 1.67 bits per heavy atom. The van der Waals surface area contributed by atoms with Crippen molar-refractivity contribution in [1.29, 1.82) is 0 Å². The first kappa shape index (κ1) is 20.2. The van der Waals surface area contributed by atoms with Gasteiger partial charge in [0.25, 0.3) is 0 Å². The molecule has 0 bridgehead atoms. The second-order valence-electron chi connectivity index (χ2n) is 6.91. The van der Waals surface area contributed by atoms with Crippen molar-refractivity contribution in [3.05, 3.63) is 47.8 Å². The van der Waals surface area contributed by atoms with Crippen LogP contribution in [0.15, 0.2) is 42.1 Å². The lowest BCUT2D eigenvalue weighted by Gasteiger charge is -2.22. The van der Waals surface area contributed by atoms with Crippen LogP contribution in [0.3, 0.4) is 0 Å². The van der Waals surface area contributed by atoms with Gasteiger partial charge in [-0.25, -0.2) is 34.1 Å². The van der Waals surface area contributed by atoms with Gasteiger partial charge < -0.3 is 19.1 Å². The third-order valence-electron chi connectivity index (χ3n) is 5.19. The van der Waals surface area contributed by atoms with Crippen LogP contribution in [0, 0.1) is 0 Å². The lowest BCUT2D eigenvalue weighted by Crippen LogP contribution is -2.21. The van der Waals surface area contributed by atoms with Crippen molar-refractivity contribution in [1.82, 2.24) is 39.3 Å². The number of imidazole rings is 2. The van der Waals surface area contributed by atoms with E-state index in [1.165, 1.54) is 6.33 Å². The van der Waals surface area contributed by atoms with Gasteiger partial charge in [0.05, 0.1) is 33.2 Å². The molecule has 0 fully saturated rings. The monoisotopic (exact) mass is 449 g/mol. The van der Waals surface area contributed by atoms with E-state index in [0.717, 1.165) is 0 Å². The van der Waals surface area contributed by atoms with E-state index < -0.39 is 5.69 Å². The molecule has 0 amide bonds. The van der Waals surface area contributed by atoms with E-state index in [9.17, 15) is 4.79 Å². The van der Waals surface area contributed by atoms with Gasteiger partial charge in [-0.2, -0.15) is 4.98 Å². The molecule has 0 spiro atoms. The third-order valence-corrected chi connectivity index (χ3v) is 5.19. The first-order valence-corrected chi connectivity index (χ1v) is 9.70. The number of rotatable bonds is 6. The highest BCUT2D eigenvalue weighted by Gasteiger charge is 2.22. The minimum atomic E-state index is -0.551. The van der Waals surface area contributed by atoms with Crippen LogP contribution in [0.4, 0.5) is 11.5 Å². The number of ether oxygens (including phenoxy) is 3. The molecule has 5 aromatic rings. The molecule has 1 aromatic carbocycles. The fraction of sp³-hybridized carbons (Fsp3) is 0.200. The van der Waals surface area contributed by atoms with Crippen molar-refractivity contribution in [2.75, 3.05) is 33.3 Å². The van der Waals surface area contributed by atoms with E-state index in [1.807, 2.05) is 0 Å². The second-order valence-corrected chi connectivity index (χ2v) is 6.91. The van der Waals surface area contributed by atoms with Crippen molar-refractivity contribution in [2.24, 2.45) is 0 Å². The summed E-state index contributed by atoms with van der Waals surface area (Å²) in [5.41, 5.74) is 2.06. The molecule has 0 saturated carbocycles. The third kappa shape index (κ3) is 3.17. The van der Waals surface area contributed by atoms with Crippen molar-refractivity contribution in [3.8, 4) is 17.2 Å². The predicted octanol–water partition coefficient (Wildman–Crippen LogP) is 1.36. The summed E-state index contributed by atoms with van der Waals surface area (Å²) in [6.07, 6.45) is 6.14. The van der Waals surface area contributed by atoms with Crippen molar-refractivity contribution in [2.45, 2.75) is 0 Å². The summed E-state index contributed by atoms with van der Waals surface area (Å²) in [6.45, 7) is 0. The SMILES string of the molecule is COc1cc(OC)c(N(C)c2nc(=O)[nH]c3c2ncn3-n2cnc3cncnc32)cc1OC. The molecule has 0 atom stereocenters. The number of H-pyrrole nitrogens is 1. The van der Waals surface area contributed by atoms with E-state index in [1.54, 1.807) is 73.6 Å². The molecule has 0 aliphatic carbocycles. The normalized spacial score (nSPS) is 11.2. The van der Waals surface area contributed by atoms with Crippen LogP contribution in [-0.2, 0) is 0 Å². The van der Waals surface area contributed by atoms with Crippen LogP contribution in [0.1, 0.15) is 0 Å². The second kappa shape index (κ2) is 7.78. The average Bonchev–Trinajstić information content (AvgIpc) is 3.46. The highest BCUT2D eigenvalue weighted by atomic mass is 16.5. The number of hydrogen-bond donors (Lipinski definition) is 1. The van der Waals surface area contributed by atoms with E-state index in [0.29, 0.717) is 51.1 Å². The van der Waals surface area contributed by atoms with Crippen molar-refractivity contribution in [3.63, 3.8) is 0 Å². The van der Waals surface area contributed by atoms with Gasteiger partial charge in [-0.05, 0) is 0 Å².